The number of imide groups is 2. The fourth-order valence-corrected chi connectivity index (χ4v) is 7.65. The highest BCUT2D eigenvalue weighted by Crippen LogP contribution is 2.32. The molecule has 0 radical (unpaired) electrons. The lowest BCUT2D eigenvalue weighted by atomic mass is 10.0. The van der Waals surface area contributed by atoms with Crippen molar-refractivity contribution in [2.24, 2.45) is 0 Å². The summed E-state index contributed by atoms with van der Waals surface area (Å²) in [6.45, 7) is 5.99. The second-order valence-electron chi connectivity index (χ2n) is 13.5. The van der Waals surface area contributed by atoms with Crippen LogP contribution in [0.2, 0.25) is 0 Å². The van der Waals surface area contributed by atoms with E-state index in [-0.39, 0.29) is 29.9 Å². The van der Waals surface area contributed by atoms with E-state index in [4.69, 9.17) is 18.9 Å². The smallest absolute Gasteiger partial charge is 0.264 e. The third-order valence-corrected chi connectivity index (χ3v) is 10.7. The standard InChI is InChI=1S/C40H45N7O9S/c48-34-13-12-33(37(50)44-34)47-38(51)29-4-3-7-32(36(29)39(47)52)41-14-19-53-20-21-54-22-23-55-24-25-56-28-10-8-27(9-11-28)45-15-17-46(18-16-45)35(49)26-57-40-42-30-5-1-2-6-31(30)43-40/h1-11,33,41H,12-26H2,(H,42,43)(H,44,48,50). The molecule has 3 aromatic carbocycles. The molecule has 0 spiro atoms. The molecular weight excluding hydrogens is 755 g/mol. The average Bonchev–Trinajstić information content (AvgIpc) is 3.76. The molecule has 4 heterocycles. The van der Waals surface area contributed by atoms with Crippen molar-refractivity contribution in [2.45, 2.75) is 24.0 Å². The maximum atomic E-state index is 13.2. The van der Waals surface area contributed by atoms with Crippen LogP contribution in [0.1, 0.15) is 33.6 Å². The quantitative estimate of drug-likeness (QED) is 0.0716. The predicted octanol–water partition coefficient (Wildman–Crippen LogP) is 2.95. The van der Waals surface area contributed by atoms with Gasteiger partial charge in [0.05, 0.1) is 67.6 Å². The minimum atomic E-state index is -1.01. The van der Waals surface area contributed by atoms with Crippen molar-refractivity contribution in [1.82, 2.24) is 25.1 Å². The van der Waals surface area contributed by atoms with E-state index < -0.39 is 29.7 Å². The van der Waals surface area contributed by atoms with Crippen LogP contribution in [-0.2, 0) is 28.6 Å². The minimum Gasteiger partial charge on any atom is -0.491 e. The minimum absolute atomic E-state index is 0.0643. The summed E-state index contributed by atoms with van der Waals surface area (Å²) in [5.74, 6) is -0.943. The molecule has 1 aromatic heterocycles. The Balaban J connectivity index is 0.699. The molecule has 17 heteroatoms. The number of carbonyl (C=O) groups is 5. The molecule has 3 N–H and O–H groups in total. The summed E-state index contributed by atoms with van der Waals surface area (Å²) in [7, 11) is 0. The van der Waals surface area contributed by atoms with Gasteiger partial charge in [-0.05, 0) is 55.0 Å². The number of rotatable bonds is 19. The van der Waals surface area contributed by atoms with Crippen molar-refractivity contribution in [3.8, 4) is 5.75 Å². The first-order valence-corrected chi connectivity index (χ1v) is 20.0. The van der Waals surface area contributed by atoms with E-state index in [0.29, 0.717) is 77.3 Å². The maximum absolute atomic E-state index is 13.2. The first-order chi connectivity index (χ1) is 27.9. The summed E-state index contributed by atoms with van der Waals surface area (Å²) in [5.41, 5.74) is 3.87. The number of imidazole rings is 1. The van der Waals surface area contributed by atoms with Crippen LogP contribution >= 0.6 is 11.8 Å². The number of ether oxygens (including phenoxy) is 4. The van der Waals surface area contributed by atoms with Gasteiger partial charge in [0.2, 0.25) is 17.7 Å². The maximum Gasteiger partial charge on any atom is 0.264 e. The normalized spacial score (nSPS) is 17.0. The van der Waals surface area contributed by atoms with Crippen LogP contribution in [0.15, 0.2) is 71.9 Å². The number of piperazine rings is 1. The van der Waals surface area contributed by atoms with Gasteiger partial charge in [-0.1, -0.05) is 30.0 Å². The van der Waals surface area contributed by atoms with E-state index in [9.17, 15) is 24.0 Å². The molecule has 0 bridgehead atoms. The van der Waals surface area contributed by atoms with E-state index >= 15 is 0 Å². The first-order valence-electron chi connectivity index (χ1n) is 19.0. The number of para-hydroxylation sites is 2. The van der Waals surface area contributed by atoms with Crippen molar-refractivity contribution in [1.29, 1.82) is 0 Å². The Kier molecular flexibility index (Phi) is 13.3. The molecule has 3 aliphatic rings. The van der Waals surface area contributed by atoms with Crippen LogP contribution in [0.3, 0.4) is 0 Å². The first kappa shape index (κ1) is 39.7. The number of H-pyrrole nitrogens is 1. The summed E-state index contributed by atoms with van der Waals surface area (Å²) in [6.07, 6.45) is 0.166. The van der Waals surface area contributed by atoms with Gasteiger partial charge in [-0.3, -0.25) is 34.2 Å². The van der Waals surface area contributed by atoms with Crippen molar-refractivity contribution in [3.63, 3.8) is 0 Å². The molecule has 3 aliphatic heterocycles. The number of fused-ring (bicyclic) bond motifs is 2. The Hall–Kier alpha value is -5.49. The van der Waals surface area contributed by atoms with Gasteiger partial charge in [-0.2, -0.15) is 0 Å². The fraction of sp³-hybridized carbons (Fsp3) is 0.400. The molecule has 0 saturated carbocycles. The number of nitrogens with zero attached hydrogens (tertiary/aromatic N) is 4. The van der Waals surface area contributed by atoms with Crippen LogP contribution in [0.4, 0.5) is 11.4 Å². The highest BCUT2D eigenvalue weighted by Gasteiger charge is 2.45. The number of nitrogens with one attached hydrogen (secondary N) is 3. The second-order valence-corrected chi connectivity index (χ2v) is 14.5. The molecule has 300 valence electrons. The zero-order valence-electron chi connectivity index (χ0n) is 31.4. The summed E-state index contributed by atoms with van der Waals surface area (Å²) in [5, 5.41) is 6.10. The van der Waals surface area contributed by atoms with Crippen LogP contribution in [0.5, 0.6) is 5.75 Å². The van der Waals surface area contributed by atoms with Crippen molar-refractivity contribution in [3.05, 3.63) is 77.9 Å². The van der Waals surface area contributed by atoms with Gasteiger partial charge in [0.15, 0.2) is 5.16 Å². The number of anilines is 2. The molecule has 5 amide bonds. The second kappa shape index (κ2) is 19.1. The molecule has 2 saturated heterocycles. The molecule has 4 aromatic rings. The Morgan fingerprint density at radius 3 is 2.26 bits per heavy atom. The summed E-state index contributed by atoms with van der Waals surface area (Å²) in [6, 6.07) is 19.7. The van der Waals surface area contributed by atoms with E-state index in [0.717, 1.165) is 45.6 Å². The number of hydrogen-bond acceptors (Lipinski definition) is 13. The number of hydrogen-bond donors (Lipinski definition) is 3. The van der Waals surface area contributed by atoms with E-state index in [1.807, 2.05) is 53.4 Å². The summed E-state index contributed by atoms with van der Waals surface area (Å²) in [4.78, 5) is 75.8. The summed E-state index contributed by atoms with van der Waals surface area (Å²) < 4.78 is 22.7. The van der Waals surface area contributed by atoms with E-state index in [1.165, 1.54) is 11.8 Å². The predicted molar refractivity (Wildman–Crippen MR) is 212 cm³/mol. The van der Waals surface area contributed by atoms with E-state index in [2.05, 4.69) is 25.5 Å². The Morgan fingerprint density at radius 1 is 0.807 bits per heavy atom. The van der Waals surface area contributed by atoms with Crippen LogP contribution < -0.4 is 20.3 Å². The molecule has 0 aliphatic carbocycles. The molecule has 1 unspecified atom stereocenters. The summed E-state index contributed by atoms with van der Waals surface area (Å²) >= 11 is 1.43. The lowest BCUT2D eigenvalue weighted by Crippen LogP contribution is -2.54. The average molecular weight is 800 g/mol. The number of aromatic nitrogens is 2. The highest BCUT2D eigenvalue weighted by molar-refractivity contribution is 7.99. The SMILES string of the molecule is O=C1CCC(N2C(=O)c3cccc(NCCOCCOCCOCCOc4ccc(N5CCN(C(=O)CSc6nc7ccccc7[nH]6)CC5)cc4)c3C2=O)C(=O)N1. The number of carbonyl (C=O) groups excluding carboxylic acids is 5. The van der Waals surface area contributed by atoms with Crippen LogP contribution in [0, 0.1) is 0 Å². The Bertz CT molecular complexity index is 2040. The number of aromatic amines is 1. The zero-order valence-corrected chi connectivity index (χ0v) is 32.2. The molecule has 2 fully saturated rings. The third-order valence-electron chi connectivity index (χ3n) is 9.80. The number of piperidine rings is 1. The van der Waals surface area contributed by atoms with Gasteiger partial charge >= 0.3 is 0 Å². The van der Waals surface area contributed by atoms with Gasteiger partial charge in [0, 0.05) is 50.5 Å². The lowest BCUT2D eigenvalue weighted by Gasteiger charge is -2.36. The molecule has 7 rings (SSSR count). The van der Waals surface area contributed by atoms with Gasteiger partial charge < -0.3 is 39.0 Å². The molecule has 57 heavy (non-hydrogen) atoms. The Morgan fingerprint density at radius 2 is 1.53 bits per heavy atom. The third kappa shape index (κ3) is 9.91. The molecule has 16 nitrogen and oxygen atoms in total. The lowest BCUT2D eigenvalue weighted by molar-refractivity contribution is -0.136. The van der Waals surface area contributed by atoms with Gasteiger partial charge in [-0.25, -0.2) is 4.98 Å². The number of benzene rings is 3. The fourth-order valence-electron chi connectivity index (χ4n) is 6.87. The van der Waals surface area contributed by atoms with Crippen LogP contribution in [0.25, 0.3) is 11.0 Å². The number of thioether (sulfide) groups is 1. The van der Waals surface area contributed by atoms with Gasteiger partial charge in [0.1, 0.15) is 18.4 Å². The van der Waals surface area contributed by atoms with Crippen molar-refractivity contribution >= 4 is 63.7 Å². The van der Waals surface area contributed by atoms with Crippen molar-refractivity contribution < 1.29 is 42.9 Å². The highest BCUT2D eigenvalue weighted by atomic mass is 32.2. The number of amides is 5. The largest absolute Gasteiger partial charge is 0.491 e. The van der Waals surface area contributed by atoms with E-state index in [1.54, 1.807) is 18.2 Å². The monoisotopic (exact) mass is 799 g/mol. The van der Waals surface area contributed by atoms with Gasteiger partial charge in [-0.15, -0.1) is 0 Å². The van der Waals surface area contributed by atoms with Crippen molar-refractivity contribution in [2.75, 3.05) is 94.9 Å². The molecule has 1 atom stereocenters. The van der Waals surface area contributed by atoms with Crippen LogP contribution in [-0.4, -0.2) is 140 Å². The topological polar surface area (TPSA) is 185 Å². The van der Waals surface area contributed by atoms with Gasteiger partial charge in [0.25, 0.3) is 11.8 Å². The molecular formula is C40H45N7O9S. The Labute approximate surface area is 333 Å². The zero-order chi connectivity index (χ0) is 39.6.